The van der Waals surface area contributed by atoms with E-state index in [1.807, 2.05) is 0 Å². The van der Waals surface area contributed by atoms with Crippen LogP contribution in [0.4, 0.5) is 13.2 Å². The van der Waals surface area contributed by atoms with Gasteiger partial charge in [0.05, 0.1) is 5.01 Å². The van der Waals surface area contributed by atoms with Crippen molar-refractivity contribution in [2.45, 2.75) is 25.4 Å². The summed E-state index contributed by atoms with van der Waals surface area (Å²) in [5.41, 5.74) is -0.753. The highest BCUT2D eigenvalue weighted by molar-refractivity contribution is 7.09. The van der Waals surface area contributed by atoms with Crippen LogP contribution >= 0.6 is 11.3 Å². The maximum atomic E-state index is 12.3. The van der Waals surface area contributed by atoms with Gasteiger partial charge in [0.15, 0.2) is 5.69 Å². The molecule has 1 fully saturated rings. The number of nitrogens with one attached hydrogen (secondary N) is 1. The number of aromatic nitrogens is 1. The van der Waals surface area contributed by atoms with E-state index in [2.05, 4.69) is 10.3 Å². The Balaban J connectivity index is 1.97. The predicted octanol–water partition coefficient (Wildman–Crippen LogP) is 2.70. The summed E-state index contributed by atoms with van der Waals surface area (Å²) in [5, 5.41) is 4.95. The fraction of sp³-hybridized carbons (Fsp3) is 0.700. The fourth-order valence-electron chi connectivity index (χ4n) is 1.88. The van der Waals surface area contributed by atoms with E-state index in [1.54, 1.807) is 0 Å². The molecule has 0 amide bonds. The van der Waals surface area contributed by atoms with E-state index < -0.39 is 11.9 Å². The fourth-order valence-corrected chi connectivity index (χ4v) is 2.80. The van der Waals surface area contributed by atoms with E-state index in [4.69, 9.17) is 0 Å². The second-order valence-corrected chi connectivity index (χ2v) is 4.98. The van der Waals surface area contributed by atoms with E-state index >= 15 is 0 Å². The number of piperidine rings is 1. The molecule has 0 saturated carbocycles. The van der Waals surface area contributed by atoms with Crippen LogP contribution in [0.15, 0.2) is 5.38 Å². The first kappa shape index (κ1) is 11.9. The molecule has 0 spiro atoms. The molecule has 2 nitrogen and oxygen atoms in total. The average Bonchev–Trinajstić information content (AvgIpc) is 2.67. The summed E-state index contributed by atoms with van der Waals surface area (Å²) in [7, 11) is 0. The summed E-state index contributed by atoms with van der Waals surface area (Å²) < 4.78 is 36.9. The quantitative estimate of drug-likeness (QED) is 0.873. The minimum absolute atomic E-state index is 0.431. The molecule has 1 unspecified atom stereocenters. The molecular formula is C10H13F3N2S. The molecule has 0 radical (unpaired) electrons. The van der Waals surface area contributed by atoms with Gasteiger partial charge in [-0.05, 0) is 31.8 Å². The Bertz CT molecular complexity index is 342. The zero-order chi connectivity index (χ0) is 11.6. The molecule has 1 N–H and O–H groups in total. The van der Waals surface area contributed by atoms with Crippen LogP contribution in [0, 0.1) is 5.92 Å². The normalized spacial score (nSPS) is 22.3. The maximum absolute atomic E-state index is 12.3. The van der Waals surface area contributed by atoms with Gasteiger partial charge in [0.2, 0.25) is 0 Å². The number of alkyl halides is 3. The lowest BCUT2D eigenvalue weighted by Gasteiger charge is -2.21. The summed E-state index contributed by atoms with van der Waals surface area (Å²) in [6.07, 6.45) is -1.47. The topological polar surface area (TPSA) is 24.9 Å². The molecule has 1 aliphatic rings. The molecule has 16 heavy (non-hydrogen) atoms. The predicted molar refractivity (Wildman–Crippen MR) is 56.4 cm³/mol. The zero-order valence-electron chi connectivity index (χ0n) is 8.68. The number of rotatable bonds is 2. The van der Waals surface area contributed by atoms with Gasteiger partial charge in [-0.25, -0.2) is 4.98 Å². The van der Waals surface area contributed by atoms with Gasteiger partial charge in [-0.15, -0.1) is 11.3 Å². The van der Waals surface area contributed by atoms with Gasteiger partial charge in [0.25, 0.3) is 0 Å². The van der Waals surface area contributed by atoms with Crippen LogP contribution in [-0.2, 0) is 12.6 Å². The van der Waals surface area contributed by atoms with Crippen LogP contribution < -0.4 is 5.32 Å². The standard InChI is InChI=1S/C10H13F3N2S/c11-10(12,13)8-6-16-9(15-8)4-7-2-1-3-14-5-7/h6-7,14H,1-5H2. The van der Waals surface area contributed by atoms with Gasteiger partial charge in [-0.3, -0.25) is 0 Å². The van der Waals surface area contributed by atoms with Crippen molar-refractivity contribution in [1.29, 1.82) is 0 Å². The molecule has 0 aromatic carbocycles. The largest absolute Gasteiger partial charge is 0.434 e. The number of nitrogens with zero attached hydrogens (tertiary/aromatic N) is 1. The van der Waals surface area contributed by atoms with Gasteiger partial charge in [0, 0.05) is 11.8 Å². The first-order chi connectivity index (χ1) is 7.55. The lowest BCUT2D eigenvalue weighted by Crippen LogP contribution is -2.30. The van der Waals surface area contributed by atoms with Crippen molar-refractivity contribution in [1.82, 2.24) is 10.3 Å². The Hall–Kier alpha value is -0.620. The third kappa shape index (κ3) is 2.95. The summed E-state index contributed by atoms with van der Waals surface area (Å²) in [5.74, 6) is 0.431. The second kappa shape index (κ2) is 4.71. The maximum Gasteiger partial charge on any atom is 0.434 e. The monoisotopic (exact) mass is 250 g/mol. The number of thiazole rings is 1. The second-order valence-electron chi connectivity index (χ2n) is 4.04. The Kier molecular flexibility index (Phi) is 3.49. The van der Waals surface area contributed by atoms with E-state index in [9.17, 15) is 13.2 Å². The van der Waals surface area contributed by atoms with Crippen molar-refractivity contribution in [2.24, 2.45) is 5.92 Å². The molecule has 1 aromatic heterocycles. The van der Waals surface area contributed by atoms with E-state index in [0.29, 0.717) is 17.3 Å². The minimum atomic E-state index is -4.31. The lowest BCUT2D eigenvalue weighted by molar-refractivity contribution is -0.140. The molecule has 6 heteroatoms. The molecule has 2 rings (SSSR count). The molecule has 1 aromatic rings. The van der Waals surface area contributed by atoms with Crippen LogP contribution in [0.25, 0.3) is 0 Å². The molecule has 0 bridgehead atoms. The third-order valence-corrected chi connectivity index (χ3v) is 3.58. The average molecular weight is 250 g/mol. The molecule has 0 aliphatic carbocycles. The van der Waals surface area contributed by atoms with Crippen molar-refractivity contribution in [2.75, 3.05) is 13.1 Å². The van der Waals surface area contributed by atoms with Gasteiger partial charge in [-0.2, -0.15) is 13.2 Å². The first-order valence-corrected chi connectivity index (χ1v) is 6.16. The van der Waals surface area contributed by atoms with Crippen molar-refractivity contribution < 1.29 is 13.2 Å². The van der Waals surface area contributed by atoms with E-state index in [0.717, 1.165) is 42.6 Å². The molecule has 1 saturated heterocycles. The van der Waals surface area contributed by atoms with Gasteiger partial charge in [0.1, 0.15) is 0 Å². The van der Waals surface area contributed by atoms with E-state index in [-0.39, 0.29) is 0 Å². The van der Waals surface area contributed by atoms with Crippen LogP contribution in [0.5, 0.6) is 0 Å². The highest BCUT2D eigenvalue weighted by Gasteiger charge is 2.33. The first-order valence-electron chi connectivity index (χ1n) is 5.28. The van der Waals surface area contributed by atoms with Gasteiger partial charge >= 0.3 is 6.18 Å². The summed E-state index contributed by atoms with van der Waals surface area (Å²) in [6, 6.07) is 0. The Morgan fingerprint density at radius 1 is 1.50 bits per heavy atom. The SMILES string of the molecule is FC(F)(F)c1csc(CC2CCCNC2)n1. The van der Waals surface area contributed by atoms with Crippen LogP contribution in [-0.4, -0.2) is 18.1 Å². The number of hydrogen-bond acceptors (Lipinski definition) is 3. The van der Waals surface area contributed by atoms with Crippen LogP contribution in [0.2, 0.25) is 0 Å². The van der Waals surface area contributed by atoms with Crippen LogP contribution in [0.1, 0.15) is 23.5 Å². The summed E-state index contributed by atoms with van der Waals surface area (Å²) >= 11 is 1.11. The Labute approximate surface area is 95.9 Å². The minimum Gasteiger partial charge on any atom is -0.316 e. The molecule has 1 aliphatic heterocycles. The zero-order valence-corrected chi connectivity index (χ0v) is 9.50. The smallest absolute Gasteiger partial charge is 0.316 e. The van der Waals surface area contributed by atoms with Gasteiger partial charge < -0.3 is 5.32 Å². The Morgan fingerprint density at radius 2 is 2.31 bits per heavy atom. The van der Waals surface area contributed by atoms with Crippen molar-refractivity contribution >= 4 is 11.3 Å². The summed E-state index contributed by atoms with van der Waals surface area (Å²) in [6.45, 7) is 1.91. The molecule has 90 valence electrons. The third-order valence-electron chi connectivity index (χ3n) is 2.70. The van der Waals surface area contributed by atoms with Gasteiger partial charge in [-0.1, -0.05) is 0 Å². The van der Waals surface area contributed by atoms with Crippen LogP contribution in [0.3, 0.4) is 0 Å². The lowest BCUT2D eigenvalue weighted by atomic mass is 9.97. The van der Waals surface area contributed by atoms with Crippen molar-refractivity contribution in [3.63, 3.8) is 0 Å². The number of hydrogen-bond donors (Lipinski definition) is 1. The van der Waals surface area contributed by atoms with Crippen molar-refractivity contribution in [3.05, 3.63) is 16.1 Å². The Morgan fingerprint density at radius 3 is 2.88 bits per heavy atom. The highest BCUT2D eigenvalue weighted by atomic mass is 32.1. The van der Waals surface area contributed by atoms with E-state index in [1.165, 1.54) is 0 Å². The molecular weight excluding hydrogens is 237 g/mol. The van der Waals surface area contributed by atoms with Crippen molar-refractivity contribution in [3.8, 4) is 0 Å². The molecule has 1 atom stereocenters. The molecule has 2 heterocycles. The number of halogens is 3. The summed E-state index contributed by atoms with van der Waals surface area (Å²) in [4.78, 5) is 3.64. The highest BCUT2D eigenvalue weighted by Crippen LogP contribution is 2.31.